The standard InChI is InChI=1S/C17H25FN2O2/c18-15-5-7-16(8-6-15)22-14-9-17(21)19-10-4-13-20-11-2-1-3-12-20/h5-8H,1-4,9-14H2,(H,19,21). The molecule has 122 valence electrons. The lowest BCUT2D eigenvalue weighted by Gasteiger charge is -2.26. The maximum absolute atomic E-state index is 12.7. The number of halogens is 1. The molecule has 1 aliphatic rings. The third kappa shape index (κ3) is 6.43. The van der Waals surface area contributed by atoms with Gasteiger partial charge in [-0.3, -0.25) is 4.79 Å². The largest absolute Gasteiger partial charge is 0.493 e. The van der Waals surface area contributed by atoms with E-state index in [1.165, 1.54) is 44.5 Å². The average Bonchev–Trinajstić information content (AvgIpc) is 2.54. The van der Waals surface area contributed by atoms with E-state index in [1.54, 1.807) is 12.1 Å². The van der Waals surface area contributed by atoms with Gasteiger partial charge in [-0.2, -0.15) is 0 Å². The fourth-order valence-electron chi connectivity index (χ4n) is 2.59. The van der Waals surface area contributed by atoms with Gasteiger partial charge in [-0.15, -0.1) is 0 Å². The van der Waals surface area contributed by atoms with Crippen molar-refractivity contribution in [2.75, 3.05) is 32.8 Å². The minimum absolute atomic E-state index is 0.000700. The number of hydrogen-bond donors (Lipinski definition) is 1. The highest BCUT2D eigenvalue weighted by Crippen LogP contribution is 2.11. The van der Waals surface area contributed by atoms with Gasteiger partial charge in [-0.25, -0.2) is 4.39 Å². The molecule has 1 aromatic rings. The van der Waals surface area contributed by atoms with Gasteiger partial charge in [-0.05, 0) is 63.2 Å². The summed E-state index contributed by atoms with van der Waals surface area (Å²) in [6.45, 7) is 4.47. The Morgan fingerprint density at radius 3 is 2.64 bits per heavy atom. The predicted molar refractivity (Wildman–Crippen MR) is 84.4 cm³/mol. The maximum Gasteiger partial charge on any atom is 0.223 e. The van der Waals surface area contributed by atoms with Crippen LogP contribution in [0, 0.1) is 5.82 Å². The highest BCUT2D eigenvalue weighted by Gasteiger charge is 2.09. The SMILES string of the molecule is O=C(CCOc1ccc(F)cc1)NCCCN1CCCCC1. The Bertz CT molecular complexity index is 444. The monoisotopic (exact) mass is 308 g/mol. The molecule has 1 heterocycles. The van der Waals surface area contributed by atoms with Crippen LogP contribution < -0.4 is 10.1 Å². The first-order valence-electron chi connectivity index (χ1n) is 8.11. The lowest BCUT2D eigenvalue weighted by molar-refractivity contribution is -0.121. The molecule has 0 aromatic heterocycles. The summed E-state index contributed by atoms with van der Waals surface area (Å²) in [4.78, 5) is 14.1. The molecule has 0 radical (unpaired) electrons. The second-order valence-corrected chi connectivity index (χ2v) is 5.66. The summed E-state index contributed by atoms with van der Waals surface area (Å²) in [5.74, 6) is 0.291. The Labute approximate surface area is 131 Å². The fourth-order valence-corrected chi connectivity index (χ4v) is 2.59. The molecule has 0 saturated carbocycles. The zero-order valence-electron chi connectivity index (χ0n) is 13.0. The summed E-state index contributed by atoms with van der Waals surface area (Å²) in [6.07, 6.45) is 5.26. The van der Waals surface area contributed by atoms with Crippen molar-refractivity contribution in [2.24, 2.45) is 0 Å². The van der Waals surface area contributed by atoms with Crippen LogP contribution in [0.5, 0.6) is 5.75 Å². The zero-order valence-corrected chi connectivity index (χ0v) is 13.0. The number of amides is 1. The van der Waals surface area contributed by atoms with Crippen molar-refractivity contribution in [3.05, 3.63) is 30.1 Å². The van der Waals surface area contributed by atoms with Gasteiger partial charge in [0.2, 0.25) is 5.91 Å². The van der Waals surface area contributed by atoms with E-state index in [4.69, 9.17) is 4.74 Å². The Kier molecular flexibility index (Phi) is 7.16. The van der Waals surface area contributed by atoms with Crippen molar-refractivity contribution in [2.45, 2.75) is 32.1 Å². The number of nitrogens with zero attached hydrogens (tertiary/aromatic N) is 1. The number of carbonyl (C=O) groups is 1. The Morgan fingerprint density at radius 2 is 1.91 bits per heavy atom. The first-order valence-corrected chi connectivity index (χ1v) is 8.11. The van der Waals surface area contributed by atoms with E-state index in [-0.39, 0.29) is 11.7 Å². The van der Waals surface area contributed by atoms with Gasteiger partial charge in [0.25, 0.3) is 0 Å². The van der Waals surface area contributed by atoms with Gasteiger partial charge in [0.15, 0.2) is 0 Å². The van der Waals surface area contributed by atoms with Crippen molar-refractivity contribution in [1.29, 1.82) is 0 Å². The van der Waals surface area contributed by atoms with Crippen LogP contribution >= 0.6 is 0 Å². The molecular formula is C17H25FN2O2. The molecule has 0 bridgehead atoms. The van der Waals surface area contributed by atoms with E-state index in [2.05, 4.69) is 10.2 Å². The lowest BCUT2D eigenvalue weighted by atomic mass is 10.1. The zero-order chi connectivity index (χ0) is 15.6. The van der Waals surface area contributed by atoms with E-state index >= 15 is 0 Å². The van der Waals surface area contributed by atoms with Crippen LogP contribution in [-0.4, -0.2) is 43.6 Å². The van der Waals surface area contributed by atoms with Crippen LogP contribution in [0.1, 0.15) is 32.1 Å². The highest BCUT2D eigenvalue weighted by atomic mass is 19.1. The first-order chi connectivity index (χ1) is 10.7. The van der Waals surface area contributed by atoms with E-state index in [0.717, 1.165) is 13.0 Å². The third-order valence-electron chi connectivity index (χ3n) is 3.83. The minimum Gasteiger partial charge on any atom is -0.493 e. The van der Waals surface area contributed by atoms with Crippen LogP contribution in [0.2, 0.25) is 0 Å². The van der Waals surface area contributed by atoms with Crippen LogP contribution in [-0.2, 0) is 4.79 Å². The molecule has 0 spiro atoms. The number of hydrogen-bond acceptors (Lipinski definition) is 3. The van der Waals surface area contributed by atoms with Crippen molar-refractivity contribution in [3.8, 4) is 5.75 Å². The molecule has 1 aromatic carbocycles. The van der Waals surface area contributed by atoms with Crippen LogP contribution in [0.3, 0.4) is 0 Å². The molecule has 1 saturated heterocycles. The smallest absolute Gasteiger partial charge is 0.223 e. The van der Waals surface area contributed by atoms with Crippen LogP contribution in [0.4, 0.5) is 4.39 Å². The van der Waals surface area contributed by atoms with E-state index in [9.17, 15) is 9.18 Å². The topological polar surface area (TPSA) is 41.6 Å². The fraction of sp³-hybridized carbons (Fsp3) is 0.588. The number of benzene rings is 1. The first kappa shape index (κ1) is 16.7. The quantitative estimate of drug-likeness (QED) is 0.751. The van der Waals surface area contributed by atoms with Gasteiger partial charge in [0.05, 0.1) is 13.0 Å². The molecule has 2 rings (SSSR count). The number of nitrogens with one attached hydrogen (secondary N) is 1. The van der Waals surface area contributed by atoms with Gasteiger partial charge in [0, 0.05) is 6.54 Å². The van der Waals surface area contributed by atoms with Crippen LogP contribution in [0.15, 0.2) is 24.3 Å². The molecule has 22 heavy (non-hydrogen) atoms. The van der Waals surface area contributed by atoms with Gasteiger partial charge in [-0.1, -0.05) is 6.42 Å². The number of piperidine rings is 1. The second kappa shape index (κ2) is 9.41. The number of carbonyl (C=O) groups excluding carboxylic acids is 1. The van der Waals surface area contributed by atoms with Crippen molar-refractivity contribution < 1.29 is 13.9 Å². The van der Waals surface area contributed by atoms with Crippen molar-refractivity contribution in [3.63, 3.8) is 0 Å². The molecule has 0 atom stereocenters. The summed E-state index contributed by atoms with van der Waals surface area (Å²) in [6, 6.07) is 5.81. The maximum atomic E-state index is 12.7. The third-order valence-corrected chi connectivity index (χ3v) is 3.83. The molecule has 1 amide bonds. The Hall–Kier alpha value is -1.62. The number of ether oxygens (including phenoxy) is 1. The van der Waals surface area contributed by atoms with E-state index in [1.807, 2.05) is 0 Å². The Balaban J connectivity index is 1.49. The molecule has 1 N–H and O–H groups in total. The van der Waals surface area contributed by atoms with Crippen molar-refractivity contribution >= 4 is 5.91 Å². The van der Waals surface area contributed by atoms with E-state index in [0.29, 0.717) is 25.3 Å². The summed E-state index contributed by atoms with van der Waals surface area (Å²) >= 11 is 0. The second-order valence-electron chi connectivity index (χ2n) is 5.66. The number of rotatable bonds is 8. The summed E-state index contributed by atoms with van der Waals surface area (Å²) in [7, 11) is 0. The summed E-state index contributed by atoms with van der Waals surface area (Å²) in [5.41, 5.74) is 0. The molecule has 1 fully saturated rings. The minimum atomic E-state index is -0.293. The van der Waals surface area contributed by atoms with Gasteiger partial charge >= 0.3 is 0 Å². The predicted octanol–water partition coefficient (Wildman–Crippen LogP) is 2.59. The van der Waals surface area contributed by atoms with E-state index < -0.39 is 0 Å². The molecule has 0 aliphatic carbocycles. The molecule has 4 nitrogen and oxygen atoms in total. The average molecular weight is 308 g/mol. The van der Waals surface area contributed by atoms with Gasteiger partial charge < -0.3 is 15.0 Å². The van der Waals surface area contributed by atoms with Gasteiger partial charge in [0.1, 0.15) is 11.6 Å². The summed E-state index contributed by atoms with van der Waals surface area (Å²) in [5, 5.41) is 2.91. The highest BCUT2D eigenvalue weighted by molar-refractivity contribution is 5.75. The normalized spacial score (nSPS) is 15.5. The molecular weight excluding hydrogens is 283 g/mol. The van der Waals surface area contributed by atoms with Crippen molar-refractivity contribution in [1.82, 2.24) is 10.2 Å². The van der Waals surface area contributed by atoms with Crippen LogP contribution in [0.25, 0.3) is 0 Å². The molecule has 5 heteroatoms. The Morgan fingerprint density at radius 1 is 1.18 bits per heavy atom. The molecule has 1 aliphatic heterocycles. The molecule has 0 unspecified atom stereocenters. The summed E-state index contributed by atoms with van der Waals surface area (Å²) < 4.78 is 18.1. The number of likely N-dealkylation sites (tertiary alicyclic amines) is 1. The lowest BCUT2D eigenvalue weighted by Crippen LogP contribution is -2.33.